The minimum Gasteiger partial charge on any atom is -0.385 e. The van der Waals surface area contributed by atoms with Crippen LogP contribution < -0.4 is 5.73 Å². The molecule has 3 rings (SSSR count). The van der Waals surface area contributed by atoms with E-state index in [-0.39, 0.29) is 30.6 Å². The van der Waals surface area contributed by atoms with Crippen LogP contribution in [-0.2, 0) is 12.0 Å². The monoisotopic (exact) mass is 408 g/mol. The molecule has 0 bridgehead atoms. The highest BCUT2D eigenvalue weighted by atomic mass is 35.5. The SMILES string of the molecule is C[C@@]1(c2cc(CC(=O)c3ccc(Cl)cc3)ccc2F)CC[C@@](F)(CF)C(N)=N1. The predicted molar refractivity (Wildman–Crippen MR) is 104 cm³/mol. The van der Waals surface area contributed by atoms with E-state index in [0.717, 1.165) is 0 Å². The Kier molecular flexibility index (Phi) is 5.53. The van der Waals surface area contributed by atoms with Crippen molar-refractivity contribution >= 4 is 23.2 Å². The zero-order chi connectivity index (χ0) is 20.5. The molecule has 0 amide bonds. The largest absolute Gasteiger partial charge is 0.385 e. The van der Waals surface area contributed by atoms with Gasteiger partial charge in [-0.05, 0) is 61.7 Å². The Hall–Kier alpha value is -2.34. The van der Waals surface area contributed by atoms with Crippen LogP contribution in [0, 0.1) is 5.82 Å². The van der Waals surface area contributed by atoms with Gasteiger partial charge in [0.05, 0.1) is 5.54 Å². The number of ketones is 1. The summed E-state index contributed by atoms with van der Waals surface area (Å²) < 4.78 is 41.9. The maximum absolute atomic E-state index is 14.5. The molecule has 28 heavy (non-hydrogen) atoms. The van der Waals surface area contributed by atoms with Gasteiger partial charge in [-0.2, -0.15) is 0 Å². The van der Waals surface area contributed by atoms with Crippen molar-refractivity contribution in [1.29, 1.82) is 0 Å². The molecule has 0 aliphatic carbocycles. The lowest BCUT2D eigenvalue weighted by molar-refractivity contribution is 0.0993. The molecular formula is C21H20ClF3N2O. The van der Waals surface area contributed by atoms with Crippen molar-refractivity contribution in [3.63, 3.8) is 0 Å². The van der Waals surface area contributed by atoms with Gasteiger partial charge in [0, 0.05) is 22.6 Å². The van der Waals surface area contributed by atoms with Crippen molar-refractivity contribution in [3.8, 4) is 0 Å². The third-order valence-electron chi connectivity index (χ3n) is 5.19. The quantitative estimate of drug-likeness (QED) is 0.712. The van der Waals surface area contributed by atoms with E-state index in [4.69, 9.17) is 17.3 Å². The lowest BCUT2D eigenvalue weighted by Crippen LogP contribution is -2.48. The molecule has 2 atom stereocenters. The summed E-state index contributed by atoms with van der Waals surface area (Å²) in [6.07, 6.45) is -0.0377. The summed E-state index contributed by atoms with van der Waals surface area (Å²) in [4.78, 5) is 16.6. The highest BCUT2D eigenvalue weighted by Gasteiger charge is 2.44. The number of carbonyl (C=O) groups excluding carboxylic acids is 1. The van der Waals surface area contributed by atoms with Gasteiger partial charge in [0.15, 0.2) is 11.5 Å². The van der Waals surface area contributed by atoms with Crippen LogP contribution in [0.3, 0.4) is 0 Å². The molecule has 1 heterocycles. The fraction of sp³-hybridized carbons (Fsp3) is 0.333. The Morgan fingerprint density at radius 1 is 1.21 bits per heavy atom. The Morgan fingerprint density at radius 2 is 1.89 bits per heavy atom. The Balaban J connectivity index is 1.90. The fourth-order valence-corrected chi connectivity index (χ4v) is 3.47. The van der Waals surface area contributed by atoms with Crippen molar-refractivity contribution in [3.05, 3.63) is 70.0 Å². The molecule has 7 heteroatoms. The van der Waals surface area contributed by atoms with Crippen molar-refractivity contribution in [2.75, 3.05) is 6.67 Å². The van der Waals surface area contributed by atoms with Crippen molar-refractivity contribution in [2.24, 2.45) is 10.7 Å². The normalized spacial score (nSPS) is 24.7. The van der Waals surface area contributed by atoms with E-state index in [1.807, 2.05) is 0 Å². The molecule has 0 saturated carbocycles. The van der Waals surface area contributed by atoms with Crippen LogP contribution in [0.4, 0.5) is 13.2 Å². The van der Waals surface area contributed by atoms with Gasteiger partial charge in [0.2, 0.25) is 0 Å². The number of halogens is 4. The summed E-state index contributed by atoms with van der Waals surface area (Å²) in [5, 5.41) is 0.526. The zero-order valence-electron chi connectivity index (χ0n) is 15.3. The van der Waals surface area contributed by atoms with E-state index in [2.05, 4.69) is 4.99 Å². The molecule has 0 radical (unpaired) electrons. The highest BCUT2D eigenvalue weighted by Crippen LogP contribution is 2.40. The number of carbonyl (C=O) groups is 1. The number of hydrogen-bond donors (Lipinski definition) is 1. The summed E-state index contributed by atoms with van der Waals surface area (Å²) in [6, 6.07) is 10.8. The summed E-state index contributed by atoms with van der Waals surface area (Å²) in [5.41, 5.74) is 3.50. The van der Waals surface area contributed by atoms with Gasteiger partial charge in [0.25, 0.3) is 0 Å². The first-order valence-corrected chi connectivity index (χ1v) is 9.23. The molecule has 0 unspecified atom stereocenters. The van der Waals surface area contributed by atoms with Gasteiger partial charge in [0.1, 0.15) is 18.3 Å². The Bertz CT molecular complexity index is 932. The number of hydrogen-bond acceptors (Lipinski definition) is 3. The molecule has 3 nitrogen and oxygen atoms in total. The number of amidine groups is 1. The first-order valence-electron chi connectivity index (χ1n) is 8.85. The van der Waals surface area contributed by atoms with Crippen molar-refractivity contribution < 1.29 is 18.0 Å². The van der Waals surface area contributed by atoms with Crippen molar-refractivity contribution in [2.45, 2.75) is 37.4 Å². The molecule has 2 N–H and O–H groups in total. The third kappa shape index (κ3) is 3.92. The van der Waals surface area contributed by atoms with Gasteiger partial charge in [-0.15, -0.1) is 0 Å². The van der Waals surface area contributed by atoms with E-state index in [9.17, 15) is 18.0 Å². The van der Waals surface area contributed by atoms with Crippen LogP contribution in [0.5, 0.6) is 0 Å². The smallest absolute Gasteiger partial charge is 0.195 e. The van der Waals surface area contributed by atoms with E-state index >= 15 is 0 Å². The van der Waals surface area contributed by atoms with Crippen LogP contribution in [0.15, 0.2) is 47.5 Å². The topological polar surface area (TPSA) is 55.5 Å². The number of rotatable bonds is 5. The van der Waals surface area contributed by atoms with Crippen LogP contribution in [-0.4, -0.2) is 24.0 Å². The average Bonchev–Trinajstić information content (AvgIpc) is 2.67. The maximum Gasteiger partial charge on any atom is 0.195 e. The van der Waals surface area contributed by atoms with Crippen LogP contribution in [0.2, 0.25) is 5.02 Å². The van der Waals surface area contributed by atoms with Gasteiger partial charge in [-0.1, -0.05) is 17.7 Å². The van der Waals surface area contributed by atoms with Crippen LogP contribution in [0.25, 0.3) is 0 Å². The molecule has 0 saturated heterocycles. The summed E-state index contributed by atoms with van der Waals surface area (Å²) in [6.45, 7) is 0.359. The number of benzene rings is 2. The number of nitrogens with zero attached hydrogens (tertiary/aromatic N) is 1. The van der Waals surface area contributed by atoms with Gasteiger partial charge >= 0.3 is 0 Å². The average molecular weight is 409 g/mol. The third-order valence-corrected chi connectivity index (χ3v) is 5.44. The summed E-state index contributed by atoms with van der Waals surface area (Å²) >= 11 is 5.83. The molecule has 1 aliphatic heterocycles. The first kappa shape index (κ1) is 20.4. The van der Waals surface area contributed by atoms with Crippen LogP contribution in [0.1, 0.15) is 41.3 Å². The van der Waals surface area contributed by atoms with E-state index in [0.29, 0.717) is 16.1 Å². The summed E-state index contributed by atoms with van der Waals surface area (Å²) in [7, 11) is 0. The fourth-order valence-electron chi connectivity index (χ4n) is 3.34. The van der Waals surface area contributed by atoms with Crippen molar-refractivity contribution in [1.82, 2.24) is 0 Å². The first-order chi connectivity index (χ1) is 13.2. The minimum atomic E-state index is -2.31. The van der Waals surface area contributed by atoms with Crippen LogP contribution >= 0.6 is 11.6 Å². The van der Waals surface area contributed by atoms with E-state index in [1.54, 1.807) is 37.3 Å². The van der Waals surface area contributed by atoms with E-state index in [1.165, 1.54) is 12.1 Å². The lowest BCUT2D eigenvalue weighted by atomic mass is 9.80. The standard InChI is InChI=1S/C21H20ClF3N2O/c1-20(8-9-21(25,12-23)19(26)27-20)16-10-13(2-7-17(16)24)11-18(28)14-3-5-15(22)6-4-14/h2-7,10H,8-9,11-12H2,1H3,(H2,26,27)/t20-,21+/m0/s1. The Morgan fingerprint density at radius 3 is 2.50 bits per heavy atom. The lowest BCUT2D eigenvalue weighted by Gasteiger charge is -2.36. The molecule has 148 valence electrons. The second kappa shape index (κ2) is 7.59. The molecule has 0 fully saturated rings. The highest BCUT2D eigenvalue weighted by molar-refractivity contribution is 6.30. The Labute approximate surface area is 166 Å². The van der Waals surface area contributed by atoms with E-state index < -0.39 is 29.5 Å². The summed E-state index contributed by atoms with van der Waals surface area (Å²) in [5.74, 6) is -1.15. The second-order valence-corrected chi connectivity index (χ2v) is 7.73. The number of Topliss-reactive ketones (excluding diaryl/α,β-unsaturated/α-hetero) is 1. The number of nitrogens with two attached hydrogens (primary N) is 1. The molecule has 1 aliphatic rings. The molecule has 2 aromatic carbocycles. The molecular weight excluding hydrogens is 389 g/mol. The van der Waals surface area contributed by atoms with Gasteiger partial charge in [-0.25, -0.2) is 13.2 Å². The molecule has 0 spiro atoms. The molecule has 2 aromatic rings. The number of alkyl halides is 2. The van der Waals surface area contributed by atoms with Gasteiger partial charge in [-0.3, -0.25) is 9.79 Å². The zero-order valence-corrected chi connectivity index (χ0v) is 16.1. The minimum absolute atomic E-state index is 0.0573. The maximum atomic E-state index is 14.5. The molecule has 0 aromatic heterocycles. The number of aliphatic imine (C=N–C) groups is 1. The second-order valence-electron chi connectivity index (χ2n) is 7.29. The van der Waals surface area contributed by atoms with Gasteiger partial charge < -0.3 is 5.73 Å². The predicted octanol–water partition coefficient (Wildman–Crippen LogP) is 4.95.